The molecule has 0 heterocycles. The molecule has 0 fully saturated rings. The van der Waals surface area contributed by atoms with Crippen LogP contribution in [0, 0.1) is 0 Å². The maximum atomic E-state index is 2.53. The lowest BCUT2D eigenvalue weighted by Crippen LogP contribution is -2.16. The van der Waals surface area contributed by atoms with Crippen LogP contribution in [0.5, 0.6) is 0 Å². The first-order valence-electron chi connectivity index (χ1n) is 24.4. The first-order chi connectivity index (χ1) is 33.7. The summed E-state index contributed by atoms with van der Waals surface area (Å²) in [4.78, 5) is 2.42. The van der Waals surface area contributed by atoms with Crippen molar-refractivity contribution in [1.29, 1.82) is 0 Å². The lowest BCUT2D eigenvalue weighted by atomic mass is 9.80. The average Bonchev–Trinajstić information content (AvgIpc) is 3.77. The molecule has 0 amide bonds. The van der Waals surface area contributed by atoms with Crippen molar-refractivity contribution < 1.29 is 0 Å². The van der Waals surface area contributed by atoms with Gasteiger partial charge in [-0.25, -0.2) is 0 Å². The van der Waals surface area contributed by atoms with E-state index < -0.39 is 0 Å². The highest BCUT2D eigenvalue weighted by molar-refractivity contribution is 6.27. The Bertz CT molecular complexity index is 4100. The standard InChI is InChI=1S/C68H49N/c1-67(2)62-21-13-12-20-55(62)56-35-32-49(39-64(56)67)69(47-28-22-43(23-29-47)42-14-6-5-7-15-42)48-30-24-44(25-31-48)46-27-33-54-58(38-46)51-18-10-11-19-52(51)59-40-61-65(41-60(54)59)68(3,4)63-37-36-53-50-17-9-8-16-45(50)26-34-57(53)66(61)63/h5-41H,1-4H3. The number of nitrogens with zero attached hydrogens (tertiary/aromatic N) is 1. The third kappa shape index (κ3) is 5.84. The van der Waals surface area contributed by atoms with Gasteiger partial charge in [-0.3, -0.25) is 0 Å². The Kier molecular flexibility index (Phi) is 8.45. The van der Waals surface area contributed by atoms with E-state index in [9.17, 15) is 0 Å². The Hall–Kier alpha value is -8.26. The van der Waals surface area contributed by atoms with Crippen LogP contribution in [-0.4, -0.2) is 0 Å². The summed E-state index contributed by atoms with van der Waals surface area (Å²) in [6.07, 6.45) is 0. The van der Waals surface area contributed by atoms with Gasteiger partial charge in [0.25, 0.3) is 0 Å². The van der Waals surface area contributed by atoms with Crippen LogP contribution in [0.2, 0.25) is 0 Å². The Morgan fingerprint density at radius 2 is 0.754 bits per heavy atom. The molecule has 0 spiro atoms. The molecule has 0 N–H and O–H groups in total. The number of hydrogen-bond acceptors (Lipinski definition) is 1. The van der Waals surface area contributed by atoms with Crippen molar-refractivity contribution in [3.8, 4) is 44.5 Å². The van der Waals surface area contributed by atoms with Crippen LogP contribution in [0.1, 0.15) is 49.9 Å². The topological polar surface area (TPSA) is 3.24 Å². The molecule has 326 valence electrons. The lowest BCUT2D eigenvalue weighted by Gasteiger charge is -2.28. The summed E-state index contributed by atoms with van der Waals surface area (Å²) in [5, 5.41) is 13.0. The van der Waals surface area contributed by atoms with Crippen LogP contribution in [0.25, 0.3) is 98.4 Å². The van der Waals surface area contributed by atoms with Crippen molar-refractivity contribution in [1.82, 2.24) is 0 Å². The molecule has 0 bridgehead atoms. The van der Waals surface area contributed by atoms with Crippen LogP contribution in [0.4, 0.5) is 17.1 Å². The molecule has 69 heavy (non-hydrogen) atoms. The molecule has 12 aromatic rings. The van der Waals surface area contributed by atoms with E-state index in [1.807, 2.05) is 0 Å². The number of benzene rings is 12. The molecule has 14 rings (SSSR count). The molecule has 12 aromatic carbocycles. The van der Waals surface area contributed by atoms with Gasteiger partial charge in [-0.2, -0.15) is 0 Å². The summed E-state index contributed by atoms with van der Waals surface area (Å²) in [5.74, 6) is 0. The number of rotatable bonds is 5. The molecule has 0 aromatic heterocycles. The van der Waals surface area contributed by atoms with Crippen LogP contribution >= 0.6 is 0 Å². The summed E-state index contributed by atoms with van der Waals surface area (Å²) < 4.78 is 0. The zero-order chi connectivity index (χ0) is 46.2. The minimum absolute atomic E-state index is 0.105. The number of fused-ring (bicyclic) bond motifs is 16. The maximum Gasteiger partial charge on any atom is 0.0465 e. The summed E-state index contributed by atoms with van der Waals surface area (Å²) >= 11 is 0. The van der Waals surface area contributed by atoms with Gasteiger partial charge in [-0.15, -0.1) is 0 Å². The SMILES string of the molecule is CC1(C)c2ccccc2-c2ccc(N(c3ccc(-c4ccccc4)cc3)c3ccc(-c4ccc5c(c4)c4ccccc4c4cc6c(cc54)C(C)(C)c4ccc5c(ccc7ccccc75)c4-6)cc3)cc21. The van der Waals surface area contributed by atoms with Gasteiger partial charge in [0, 0.05) is 27.9 Å². The van der Waals surface area contributed by atoms with Gasteiger partial charge in [0.1, 0.15) is 0 Å². The van der Waals surface area contributed by atoms with Gasteiger partial charge < -0.3 is 4.90 Å². The Morgan fingerprint density at radius 1 is 0.261 bits per heavy atom. The first-order valence-corrected chi connectivity index (χ1v) is 24.4. The van der Waals surface area contributed by atoms with Crippen LogP contribution in [-0.2, 0) is 10.8 Å². The molecule has 0 saturated carbocycles. The van der Waals surface area contributed by atoms with E-state index >= 15 is 0 Å². The minimum Gasteiger partial charge on any atom is -0.310 e. The third-order valence-corrected chi connectivity index (χ3v) is 16.0. The van der Waals surface area contributed by atoms with Crippen molar-refractivity contribution in [2.75, 3.05) is 4.90 Å². The van der Waals surface area contributed by atoms with Crippen molar-refractivity contribution in [3.05, 3.63) is 247 Å². The Labute approximate surface area is 403 Å². The monoisotopic (exact) mass is 879 g/mol. The van der Waals surface area contributed by atoms with Gasteiger partial charge in [0.15, 0.2) is 0 Å². The van der Waals surface area contributed by atoms with Crippen LogP contribution < -0.4 is 4.90 Å². The van der Waals surface area contributed by atoms with Gasteiger partial charge in [0.05, 0.1) is 0 Å². The predicted molar refractivity (Wildman–Crippen MR) is 295 cm³/mol. The summed E-state index contributed by atoms with van der Waals surface area (Å²) in [7, 11) is 0. The van der Waals surface area contributed by atoms with E-state index in [4.69, 9.17) is 0 Å². The Balaban J connectivity index is 0.887. The van der Waals surface area contributed by atoms with Crippen molar-refractivity contribution in [3.63, 3.8) is 0 Å². The second-order valence-corrected chi connectivity index (χ2v) is 20.4. The second-order valence-electron chi connectivity index (χ2n) is 20.4. The highest BCUT2D eigenvalue weighted by Gasteiger charge is 2.38. The highest BCUT2D eigenvalue weighted by Crippen LogP contribution is 2.55. The molecule has 2 aliphatic carbocycles. The lowest BCUT2D eigenvalue weighted by molar-refractivity contribution is 0.660. The molecule has 0 saturated heterocycles. The molecule has 2 aliphatic rings. The fourth-order valence-electron chi connectivity index (χ4n) is 12.5. The number of hydrogen-bond donors (Lipinski definition) is 0. The normalized spacial score (nSPS) is 14.0. The minimum atomic E-state index is -0.142. The van der Waals surface area contributed by atoms with E-state index in [1.165, 1.54) is 121 Å². The molecular formula is C68H49N. The zero-order valence-corrected chi connectivity index (χ0v) is 39.3. The average molecular weight is 880 g/mol. The summed E-state index contributed by atoms with van der Waals surface area (Å²) in [6.45, 7) is 9.54. The van der Waals surface area contributed by atoms with Gasteiger partial charge >= 0.3 is 0 Å². The van der Waals surface area contributed by atoms with Crippen molar-refractivity contribution in [2.24, 2.45) is 0 Å². The van der Waals surface area contributed by atoms with Crippen molar-refractivity contribution >= 4 is 70.9 Å². The largest absolute Gasteiger partial charge is 0.310 e. The van der Waals surface area contributed by atoms with Crippen LogP contribution in [0.3, 0.4) is 0 Å². The number of anilines is 3. The zero-order valence-electron chi connectivity index (χ0n) is 39.3. The highest BCUT2D eigenvalue weighted by atomic mass is 15.1. The first kappa shape index (κ1) is 39.9. The van der Waals surface area contributed by atoms with Gasteiger partial charge in [0.2, 0.25) is 0 Å². The fraction of sp³-hybridized carbons (Fsp3) is 0.0882. The quantitative estimate of drug-likeness (QED) is 0.156. The van der Waals surface area contributed by atoms with E-state index in [0.717, 1.165) is 17.1 Å². The molecule has 1 nitrogen and oxygen atoms in total. The molecule has 1 heteroatoms. The van der Waals surface area contributed by atoms with Gasteiger partial charge in [-0.05, 0) is 175 Å². The van der Waals surface area contributed by atoms with E-state index in [0.29, 0.717) is 0 Å². The van der Waals surface area contributed by atoms with Crippen molar-refractivity contribution in [2.45, 2.75) is 38.5 Å². The maximum absolute atomic E-state index is 2.53. The van der Waals surface area contributed by atoms with Gasteiger partial charge in [-0.1, -0.05) is 198 Å². The second kappa shape index (κ2) is 14.6. The summed E-state index contributed by atoms with van der Waals surface area (Å²) in [6, 6.07) is 84.2. The summed E-state index contributed by atoms with van der Waals surface area (Å²) in [5.41, 5.74) is 18.9. The molecule has 0 aliphatic heterocycles. The molecular weight excluding hydrogens is 831 g/mol. The van der Waals surface area contributed by atoms with Crippen LogP contribution in [0.15, 0.2) is 224 Å². The predicted octanol–water partition coefficient (Wildman–Crippen LogP) is 18.9. The Morgan fingerprint density at radius 3 is 1.51 bits per heavy atom. The van der Waals surface area contributed by atoms with E-state index in [1.54, 1.807) is 0 Å². The fourth-order valence-corrected chi connectivity index (χ4v) is 12.5. The molecule has 0 unspecified atom stereocenters. The van der Waals surface area contributed by atoms with E-state index in [-0.39, 0.29) is 10.8 Å². The third-order valence-electron chi connectivity index (χ3n) is 16.0. The molecule has 0 radical (unpaired) electrons. The molecule has 0 atom stereocenters. The smallest absolute Gasteiger partial charge is 0.0465 e. The van der Waals surface area contributed by atoms with E-state index in [2.05, 4.69) is 257 Å².